The number of aromatic nitrogens is 4. The number of carbonyl (C=O) groups is 1. The number of anilines is 1. The minimum atomic E-state index is -0.387. The molecule has 0 saturated heterocycles. The topological polar surface area (TPSA) is 92.8 Å². The lowest BCUT2D eigenvalue weighted by Gasteiger charge is -2.18. The molecule has 0 saturated carbocycles. The Kier molecular flexibility index (Phi) is 3.68. The average molecular weight is 284 g/mol. The summed E-state index contributed by atoms with van der Waals surface area (Å²) in [7, 11) is 0. The van der Waals surface area contributed by atoms with Gasteiger partial charge in [0.15, 0.2) is 10.8 Å². The summed E-state index contributed by atoms with van der Waals surface area (Å²) in [5.41, 5.74) is 0.541. The molecule has 0 aliphatic rings. The number of fused-ring (bicyclic) bond motifs is 1. The second-order valence-corrected chi connectivity index (χ2v) is 5.25. The van der Waals surface area contributed by atoms with E-state index in [0.717, 1.165) is 0 Å². The highest BCUT2D eigenvalue weighted by atomic mass is 35.5. The number of aromatic amines is 1. The number of carbonyl (C=O) groups excluding carboxylic acids is 1. The highest BCUT2D eigenvalue weighted by molar-refractivity contribution is 6.33. The van der Waals surface area contributed by atoms with Crippen LogP contribution in [0.1, 0.15) is 20.8 Å². The van der Waals surface area contributed by atoms with Gasteiger partial charge in [-0.25, -0.2) is 4.98 Å². The van der Waals surface area contributed by atoms with E-state index in [0.29, 0.717) is 11.2 Å². The zero-order chi connectivity index (χ0) is 14.0. The van der Waals surface area contributed by atoms with Crippen LogP contribution in [-0.4, -0.2) is 38.1 Å². The fourth-order valence-corrected chi connectivity index (χ4v) is 1.52. The Morgan fingerprint density at radius 3 is 2.89 bits per heavy atom. The number of hydrogen-bond donors (Lipinski definition) is 2. The molecule has 0 atom stereocenters. The van der Waals surface area contributed by atoms with E-state index in [1.165, 1.54) is 6.33 Å². The molecule has 2 heterocycles. The minimum Gasteiger partial charge on any atom is -0.366 e. The molecule has 0 unspecified atom stereocenters. The van der Waals surface area contributed by atoms with E-state index in [2.05, 4.69) is 25.3 Å². The first-order chi connectivity index (χ1) is 8.85. The molecule has 0 spiro atoms. The van der Waals surface area contributed by atoms with Gasteiger partial charge in [0.1, 0.15) is 12.1 Å². The Balaban J connectivity index is 2.06. The van der Waals surface area contributed by atoms with Crippen LogP contribution in [0.4, 0.5) is 5.95 Å². The average Bonchev–Trinajstić information content (AvgIpc) is 2.74. The second kappa shape index (κ2) is 5.10. The van der Waals surface area contributed by atoms with Crippen molar-refractivity contribution >= 4 is 34.6 Å². The fourth-order valence-electron chi connectivity index (χ4n) is 1.30. The third-order valence-corrected chi connectivity index (χ3v) is 2.40. The number of rotatable bonds is 3. The van der Waals surface area contributed by atoms with Gasteiger partial charge in [0, 0.05) is 0 Å². The lowest BCUT2D eigenvalue weighted by Crippen LogP contribution is -2.27. The number of hydrogen-bond acceptors (Lipinski definition) is 5. The lowest BCUT2D eigenvalue weighted by atomic mass is 10.2. The first-order valence-electron chi connectivity index (χ1n) is 5.65. The van der Waals surface area contributed by atoms with Crippen LogP contribution in [0.5, 0.6) is 0 Å². The number of H-pyrrole nitrogens is 1. The molecule has 2 aromatic rings. The van der Waals surface area contributed by atoms with Gasteiger partial charge in [-0.3, -0.25) is 10.1 Å². The van der Waals surface area contributed by atoms with Crippen LogP contribution < -0.4 is 5.32 Å². The highest BCUT2D eigenvalue weighted by Gasteiger charge is 2.15. The van der Waals surface area contributed by atoms with Crippen molar-refractivity contribution < 1.29 is 9.53 Å². The van der Waals surface area contributed by atoms with Gasteiger partial charge in [-0.1, -0.05) is 11.6 Å². The maximum absolute atomic E-state index is 11.7. The first kappa shape index (κ1) is 13.7. The van der Waals surface area contributed by atoms with E-state index in [9.17, 15) is 4.79 Å². The summed E-state index contributed by atoms with van der Waals surface area (Å²) in [6, 6.07) is 0. The predicted octanol–water partition coefficient (Wildman–Crippen LogP) is 1.76. The maximum Gasteiger partial charge on any atom is 0.252 e. The van der Waals surface area contributed by atoms with Crippen molar-refractivity contribution in [3.05, 3.63) is 11.5 Å². The Hall–Kier alpha value is -1.73. The van der Waals surface area contributed by atoms with Crippen molar-refractivity contribution in [2.75, 3.05) is 11.9 Å². The van der Waals surface area contributed by atoms with Crippen molar-refractivity contribution in [2.24, 2.45) is 0 Å². The van der Waals surface area contributed by atoms with Crippen molar-refractivity contribution in [3.8, 4) is 0 Å². The van der Waals surface area contributed by atoms with Gasteiger partial charge in [-0.05, 0) is 20.8 Å². The summed E-state index contributed by atoms with van der Waals surface area (Å²) in [6.45, 7) is 5.51. The zero-order valence-electron chi connectivity index (χ0n) is 10.8. The molecule has 0 aliphatic carbocycles. The summed E-state index contributed by atoms with van der Waals surface area (Å²) in [5, 5.41) is 2.72. The van der Waals surface area contributed by atoms with Gasteiger partial charge in [-0.15, -0.1) is 0 Å². The molecule has 0 aromatic carbocycles. The second-order valence-electron chi connectivity index (χ2n) is 4.89. The van der Waals surface area contributed by atoms with E-state index in [1.54, 1.807) is 0 Å². The summed E-state index contributed by atoms with van der Waals surface area (Å²) >= 11 is 5.93. The minimum absolute atomic E-state index is 0.0803. The van der Waals surface area contributed by atoms with Crippen LogP contribution in [0.3, 0.4) is 0 Å². The standard InChI is InChI=1S/C11H14ClN5O2/c1-11(2,3)19-4-6(18)15-10-16-8(12)7-9(17-10)14-5-13-7/h5H,4H2,1-3H3,(H2,13,14,15,16,17,18). The molecule has 2 rings (SSSR count). The van der Waals surface area contributed by atoms with Gasteiger partial charge in [0.2, 0.25) is 5.95 Å². The van der Waals surface area contributed by atoms with Crippen LogP contribution in [0.2, 0.25) is 5.15 Å². The van der Waals surface area contributed by atoms with Crippen LogP contribution in [-0.2, 0) is 9.53 Å². The van der Waals surface area contributed by atoms with Gasteiger partial charge in [0.05, 0.1) is 11.9 Å². The normalized spacial score (nSPS) is 11.8. The molecule has 0 radical (unpaired) electrons. The van der Waals surface area contributed by atoms with Crippen LogP contribution >= 0.6 is 11.6 Å². The number of nitrogens with zero attached hydrogens (tertiary/aromatic N) is 3. The van der Waals surface area contributed by atoms with E-state index >= 15 is 0 Å². The molecule has 1 amide bonds. The zero-order valence-corrected chi connectivity index (χ0v) is 11.6. The summed E-state index contributed by atoms with van der Waals surface area (Å²) in [4.78, 5) is 26.4. The van der Waals surface area contributed by atoms with Crippen molar-refractivity contribution in [1.29, 1.82) is 0 Å². The van der Waals surface area contributed by atoms with Crippen molar-refractivity contribution in [1.82, 2.24) is 19.9 Å². The van der Waals surface area contributed by atoms with Gasteiger partial charge in [-0.2, -0.15) is 9.97 Å². The summed E-state index contributed by atoms with van der Waals surface area (Å²) < 4.78 is 5.34. The number of ether oxygens (including phenoxy) is 1. The molecule has 0 fully saturated rings. The van der Waals surface area contributed by atoms with Gasteiger partial charge >= 0.3 is 0 Å². The monoisotopic (exact) mass is 283 g/mol. The smallest absolute Gasteiger partial charge is 0.252 e. The molecular weight excluding hydrogens is 270 g/mol. The molecule has 2 N–H and O–H groups in total. The molecule has 0 aliphatic heterocycles. The van der Waals surface area contributed by atoms with Crippen LogP contribution in [0.15, 0.2) is 6.33 Å². The van der Waals surface area contributed by atoms with Gasteiger partial charge in [0.25, 0.3) is 5.91 Å². The van der Waals surface area contributed by atoms with Crippen molar-refractivity contribution in [3.63, 3.8) is 0 Å². The predicted molar refractivity (Wildman–Crippen MR) is 71.0 cm³/mol. The summed E-state index contributed by atoms with van der Waals surface area (Å²) in [6.07, 6.45) is 1.46. The van der Waals surface area contributed by atoms with Crippen LogP contribution in [0.25, 0.3) is 11.2 Å². The fraction of sp³-hybridized carbons (Fsp3) is 0.455. The summed E-state index contributed by atoms with van der Waals surface area (Å²) in [5.74, 6) is -0.243. The Bertz CT molecular complexity index is 605. The third-order valence-electron chi connectivity index (χ3n) is 2.13. The van der Waals surface area contributed by atoms with E-state index in [4.69, 9.17) is 16.3 Å². The maximum atomic E-state index is 11.7. The number of nitrogens with one attached hydrogen (secondary N) is 2. The van der Waals surface area contributed by atoms with E-state index < -0.39 is 0 Å². The lowest BCUT2D eigenvalue weighted by molar-refractivity contribution is -0.125. The Morgan fingerprint density at radius 1 is 1.47 bits per heavy atom. The molecular formula is C11H14ClN5O2. The third kappa shape index (κ3) is 3.62. The van der Waals surface area contributed by atoms with Crippen molar-refractivity contribution in [2.45, 2.75) is 26.4 Å². The largest absolute Gasteiger partial charge is 0.366 e. The Morgan fingerprint density at radius 2 is 2.21 bits per heavy atom. The molecule has 102 valence electrons. The number of imidazole rings is 1. The highest BCUT2D eigenvalue weighted by Crippen LogP contribution is 2.18. The molecule has 8 heteroatoms. The molecule has 19 heavy (non-hydrogen) atoms. The van der Waals surface area contributed by atoms with Crippen LogP contribution in [0, 0.1) is 0 Å². The molecule has 7 nitrogen and oxygen atoms in total. The quantitative estimate of drug-likeness (QED) is 0.837. The molecule has 2 aromatic heterocycles. The first-order valence-corrected chi connectivity index (χ1v) is 6.03. The van der Waals surface area contributed by atoms with E-state index in [1.807, 2.05) is 20.8 Å². The number of halogens is 1. The number of amides is 1. The SMILES string of the molecule is CC(C)(C)OCC(=O)Nc1nc(Cl)c2[nH]cnc2n1. The Labute approximate surface area is 114 Å². The van der Waals surface area contributed by atoms with Gasteiger partial charge < -0.3 is 9.72 Å². The van der Waals surface area contributed by atoms with E-state index in [-0.39, 0.29) is 29.2 Å². The molecule has 0 bridgehead atoms.